The largest absolute Gasteiger partial charge is 0.460 e. The van der Waals surface area contributed by atoms with Crippen LogP contribution in [0.4, 0.5) is 0 Å². The van der Waals surface area contributed by atoms with Crippen molar-refractivity contribution < 1.29 is 22.5 Å². The van der Waals surface area contributed by atoms with Crippen molar-refractivity contribution in [2.45, 2.75) is 25.3 Å². The van der Waals surface area contributed by atoms with Crippen LogP contribution >= 0.6 is 0 Å². The second kappa shape index (κ2) is 6.93. The number of carbonyl (C=O) groups excluding carboxylic acids is 1. The van der Waals surface area contributed by atoms with E-state index in [1.165, 1.54) is 20.9 Å². The Hall–Kier alpha value is -2.19. The number of rotatable bonds is 6. The fourth-order valence-electron chi connectivity index (χ4n) is 2.05. The molecule has 2 aromatic rings. The number of ether oxygens (including phenoxy) is 1. The van der Waals surface area contributed by atoms with Crippen molar-refractivity contribution in [3.8, 4) is 0 Å². The van der Waals surface area contributed by atoms with Crippen LogP contribution in [-0.4, -0.2) is 37.4 Å². The van der Waals surface area contributed by atoms with Crippen molar-refractivity contribution in [2.24, 2.45) is 0 Å². The zero-order valence-electron chi connectivity index (χ0n) is 13.1. The molecule has 0 atom stereocenters. The summed E-state index contributed by atoms with van der Waals surface area (Å²) in [4.78, 5) is 11.8. The van der Waals surface area contributed by atoms with Gasteiger partial charge in [-0.3, -0.25) is 4.79 Å². The van der Waals surface area contributed by atoms with Crippen molar-refractivity contribution in [1.82, 2.24) is 9.46 Å². The summed E-state index contributed by atoms with van der Waals surface area (Å²) < 4.78 is 35.8. The molecule has 0 aliphatic heterocycles. The maximum Gasteiger partial charge on any atom is 0.321 e. The summed E-state index contributed by atoms with van der Waals surface area (Å²) in [7, 11) is -2.55. The van der Waals surface area contributed by atoms with E-state index < -0.39 is 16.0 Å². The molecular formula is C15H18N2O5S. The summed E-state index contributed by atoms with van der Waals surface area (Å²) in [5.41, 5.74) is 1.09. The standard InChI is InChI=1S/C15H18N2O5S/c1-11-15(12(2)22-16-11)23(19,20)17(3)9-14(18)21-10-13-7-5-4-6-8-13/h4-8H,9-10H2,1-3H3. The maximum absolute atomic E-state index is 12.5. The Morgan fingerprint density at radius 3 is 2.48 bits per heavy atom. The highest BCUT2D eigenvalue weighted by atomic mass is 32.2. The number of hydrogen-bond donors (Lipinski definition) is 0. The number of nitrogens with zero attached hydrogens (tertiary/aromatic N) is 2. The molecule has 23 heavy (non-hydrogen) atoms. The molecule has 1 aromatic heterocycles. The average molecular weight is 338 g/mol. The molecule has 0 unspecified atom stereocenters. The third-order valence-corrected chi connectivity index (χ3v) is 5.28. The number of carbonyl (C=O) groups is 1. The van der Waals surface area contributed by atoms with Crippen LogP contribution in [0.15, 0.2) is 39.8 Å². The van der Waals surface area contributed by atoms with E-state index in [1.807, 2.05) is 30.3 Å². The van der Waals surface area contributed by atoms with Crippen molar-refractivity contribution in [3.05, 3.63) is 47.3 Å². The smallest absolute Gasteiger partial charge is 0.321 e. The van der Waals surface area contributed by atoms with Gasteiger partial charge in [0.15, 0.2) is 5.76 Å². The van der Waals surface area contributed by atoms with Crippen molar-refractivity contribution in [2.75, 3.05) is 13.6 Å². The Morgan fingerprint density at radius 2 is 1.91 bits per heavy atom. The molecule has 0 spiro atoms. The normalized spacial score (nSPS) is 11.7. The number of hydrogen-bond acceptors (Lipinski definition) is 6. The maximum atomic E-state index is 12.5. The van der Waals surface area contributed by atoms with Crippen LogP contribution in [0.1, 0.15) is 17.0 Å². The van der Waals surface area contributed by atoms with Crippen molar-refractivity contribution in [1.29, 1.82) is 0 Å². The van der Waals surface area contributed by atoms with E-state index in [2.05, 4.69) is 5.16 Å². The highest BCUT2D eigenvalue weighted by molar-refractivity contribution is 7.89. The van der Waals surface area contributed by atoms with E-state index in [9.17, 15) is 13.2 Å². The van der Waals surface area contributed by atoms with Crippen LogP contribution < -0.4 is 0 Å². The molecule has 1 aromatic carbocycles. The zero-order valence-corrected chi connectivity index (χ0v) is 14.0. The first kappa shape index (κ1) is 17.2. The summed E-state index contributed by atoms with van der Waals surface area (Å²) in [5, 5.41) is 3.62. The lowest BCUT2D eigenvalue weighted by Gasteiger charge is -2.16. The number of benzene rings is 1. The van der Waals surface area contributed by atoms with Gasteiger partial charge >= 0.3 is 5.97 Å². The predicted molar refractivity (Wildman–Crippen MR) is 82.0 cm³/mol. The summed E-state index contributed by atoms with van der Waals surface area (Å²) in [6.45, 7) is 2.75. The number of sulfonamides is 1. The van der Waals surface area contributed by atoms with E-state index in [-0.39, 0.29) is 29.5 Å². The molecule has 0 aliphatic rings. The molecule has 2 rings (SSSR count). The second-order valence-electron chi connectivity index (χ2n) is 5.06. The van der Waals surface area contributed by atoms with E-state index >= 15 is 0 Å². The molecular weight excluding hydrogens is 320 g/mol. The molecule has 0 saturated heterocycles. The molecule has 0 aliphatic carbocycles. The van der Waals surface area contributed by atoms with Crippen LogP contribution in [0.5, 0.6) is 0 Å². The number of aromatic nitrogens is 1. The van der Waals surface area contributed by atoms with Gasteiger partial charge < -0.3 is 9.26 Å². The fraction of sp³-hybridized carbons (Fsp3) is 0.333. The average Bonchev–Trinajstić information content (AvgIpc) is 2.85. The first-order valence-electron chi connectivity index (χ1n) is 6.91. The van der Waals surface area contributed by atoms with E-state index in [0.717, 1.165) is 9.87 Å². The lowest BCUT2D eigenvalue weighted by molar-refractivity contribution is -0.144. The third-order valence-electron chi connectivity index (χ3n) is 3.23. The molecule has 0 bridgehead atoms. The Kier molecular flexibility index (Phi) is 5.17. The molecule has 0 fully saturated rings. The van der Waals surface area contributed by atoms with Gasteiger partial charge in [0, 0.05) is 7.05 Å². The predicted octanol–water partition coefficient (Wildman–Crippen LogP) is 1.66. The molecule has 0 radical (unpaired) electrons. The van der Waals surface area contributed by atoms with Crippen LogP contribution in [0.3, 0.4) is 0 Å². The van der Waals surface area contributed by atoms with Crippen LogP contribution in [0.2, 0.25) is 0 Å². The summed E-state index contributed by atoms with van der Waals surface area (Å²) >= 11 is 0. The van der Waals surface area contributed by atoms with Gasteiger partial charge in [-0.15, -0.1) is 0 Å². The Labute approximate surface area is 134 Å². The minimum absolute atomic E-state index is 0.0177. The minimum Gasteiger partial charge on any atom is -0.460 e. The summed E-state index contributed by atoms with van der Waals surface area (Å²) in [6.07, 6.45) is 0. The van der Waals surface area contributed by atoms with E-state index in [4.69, 9.17) is 9.26 Å². The van der Waals surface area contributed by atoms with Crippen LogP contribution in [0.25, 0.3) is 0 Å². The van der Waals surface area contributed by atoms with Crippen molar-refractivity contribution in [3.63, 3.8) is 0 Å². The SMILES string of the molecule is Cc1noc(C)c1S(=O)(=O)N(C)CC(=O)OCc1ccccc1. The third kappa shape index (κ3) is 3.96. The fourth-order valence-corrected chi connectivity index (χ4v) is 3.45. The van der Waals surface area contributed by atoms with Gasteiger partial charge in [-0.25, -0.2) is 8.42 Å². The molecule has 0 saturated carbocycles. The lowest BCUT2D eigenvalue weighted by Crippen LogP contribution is -2.33. The quantitative estimate of drug-likeness (QED) is 0.744. The first-order valence-corrected chi connectivity index (χ1v) is 8.35. The number of likely N-dealkylation sites (N-methyl/N-ethyl adjacent to an activating group) is 1. The van der Waals surface area contributed by atoms with Crippen LogP contribution in [-0.2, 0) is 26.2 Å². The topological polar surface area (TPSA) is 89.7 Å². The molecule has 8 heteroatoms. The summed E-state index contributed by atoms with van der Waals surface area (Å²) in [6, 6.07) is 9.15. The molecule has 1 heterocycles. The summed E-state index contributed by atoms with van der Waals surface area (Å²) in [5.74, 6) is -0.446. The number of aryl methyl sites for hydroxylation is 2. The van der Waals surface area contributed by atoms with Gasteiger partial charge in [0.05, 0.1) is 0 Å². The van der Waals surface area contributed by atoms with E-state index in [1.54, 1.807) is 0 Å². The van der Waals surface area contributed by atoms with Gasteiger partial charge in [-0.1, -0.05) is 35.5 Å². The molecule has 0 amide bonds. The highest BCUT2D eigenvalue weighted by Crippen LogP contribution is 2.22. The van der Waals surface area contributed by atoms with Gasteiger partial charge in [0.1, 0.15) is 23.7 Å². The Bertz CT molecular complexity index is 764. The zero-order chi connectivity index (χ0) is 17.0. The highest BCUT2D eigenvalue weighted by Gasteiger charge is 2.30. The molecule has 0 N–H and O–H groups in total. The Morgan fingerprint density at radius 1 is 1.26 bits per heavy atom. The minimum atomic E-state index is -3.86. The van der Waals surface area contributed by atoms with Gasteiger partial charge in [0.25, 0.3) is 0 Å². The van der Waals surface area contributed by atoms with Crippen LogP contribution in [0, 0.1) is 13.8 Å². The number of esters is 1. The molecule has 7 nitrogen and oxygen atoms in total. The van der Waals surface area contributed by atoms with E-state index in [0.29, 0.717) is 0 Å². The van der Waals surface area contributed by atoms with Gasteiger partial charge in [0.2, 0.25) is 10.0 Å². The van der Waals surface area contributed by atoms with Gasteiger partial charge in [-0.05, 0) is 19.4 Å². The second-order valence-corrected chi connectivity index (χ2v) is 7.04. The first-order chi connectivity index (χ1) is 10.8. The van der Waals surface area contributed by atoms with Gasteiger partial charge in [-0.2, -0.15) is 4.31 Å². The Balaban J connectivity index is 2.01. The van der Waals surface area contributed by atoms with Crippen molar-refractivity contribution >= 4 is 16.0 Å². The lowest BCUT2D eigenvalue weighted by atomic mass is 10.2. The molecule has 124 valence electrons. The monoisotopic (exact) mass is 338 g/mol.